The van der Waals surface area contributed by atoms with Gasteiger partial charge in [-0.1, -0.05) is 23.8 Å². The third-order valence-electron chi connectivity index (χ3n) is 4.34. The third kappa shape index (κ3) is 2.89. The summed E-state index contributed by atoms with van der Waals surface area (Å²) in [5.41, 5.74) is 3.10. The second kappa shape index (κ2) is 5.32. The number of aryl methyl sites for hydroxylation is 3. The first-order valence-corrected chi connectivity index (χ1v) is 7.58. The summed E-state index contributed by atoms with van der Waals surface area (Å²) in [6, 6.07) is 10.7. The van der Waals surface area contributed by atoms with E-state index in [2.05, 4.69) is 30.4 Å². The van der Waals surface area contributed by atoms with Gasteiger partial charge in [0.15, 0.2) is 0 Å². The maximum atomic E-state index is 10.6. The van der Waals surface area contributed by atoms with E-state index in [-0.39, 0.29) is 0 Å². The van der Waals surface area contributed by atoms with Gasteiger partial charge in [-0.3, -0.25) is 0 Å². The molecule has 2 unspecified atom stereocenters. The molecule has 0 saturated carbocycles. The Balaban J connectivity index is 1.71. The molecule has 0 saturated heterocycles. The zero-order valence-electron chi connectivity index (χ0n) is 12.9. The molecule has 112 valence electrons. The van der Waals surface area contributed by atoms with Crippen LogP contribution in [-0.2, 0) is 12.0 Å². The van der Waals surface area contributed by atoms with Gasteiger partial charge in [0.05, 0.1) is 0 Å². The normalized spacial score (nSPS) is 20.3. The third-order valence-corrected chi connectivity index (χ3v) is 4.34. The van der Waals surface area contributed by atoms with Crippen molar-refractivity contribution in [2.45, 2.75) is 45.3 Å². The van der Waals surface area contributed by atoms with E-state index in [0.717, 1.165) is 18.6 Å². The Morgan fingerprint density at radius 1 is 1.29 bits per heavy atom. The number of nitrogens with one attached hydrogen (secondary N) is 1. The SMILES string of the molecule is Cc1ccc2c(c1)C(NCC(C)(O)c1ccc(C)o1)CC2. The predicted octanol–water partition coefficient (Wildman–Crippen LogP) is 3.38. The van der Waals surface area contributed by atoms with E-state index in [0.29, 0.717) is 18.3 Å². The minimum atomic E-state index is -0.985. The van der Waals surface area contributed by atoms with Crippen LogP contribution in [0.3, 0.4) is 0 Å². The monoisotopic (exact) mass is 285 g/mol. The molecule has 2 N–H and O–H groups in total. The van der Waals surface area contributed by atoms with Gasteiger partial charge >= 0.3 is 0 Å². The van der Waals surface area contributed by atoms with Crippen molar-refractivity contribution >= 4 is 0 Å². The van der Waals surface area contributed by atoms with Crippen LogP contribution in [0.25, 0.3) is 0 Å². The van der Waals surface area contributed by atoms with Gasteiger partial charge in [0.25, 0.3) is 0 Å². The van der Waals surface area contributed by atoms with Crippen molar-refractivity contribution < 1.29 is 9.52 Å². The summed E-state index contributed by atoms with van der Waals surface area (Å²) in [6.07, 6.45) is 2.20. The fourth-order valence-corrected chi connectivity index (χ4v) is 3.07. The van der Waals surface area contributed by atoms with Crippen LogP contribution in [0.15, 0.2) is 34.7 Å². The first-order chi connectivity index (χ1) is 9.95. The number of benzene rings is 1. The molecule has 3 nitrogen and oxygen atoms in total. The van der Waals surface area contributed by atoms with E-state index in [1.807, 2.05) is 19.1 Å². The summed E-state index contributed by atoms with van der Waals surface area (Å²) in [5, 5.41) is 14.1. The molecule has 1 heterocycles. The summed E-state index contributed by atoms with van der Waals surface area (Å²) >= 11 is 0. The van der Waals surface area contributed by atoms with E-state index in [9.17, 15) is 5.11 Å². The smallest absolute Gasteiger partial charge is 0.136 e. The van der Waals surface area contributed by atoms with Gasteiger partial charge < -0.3 is 14.8 Å². The molecule has 1 aliphatic rings. The number of fused-ring (bicyclic) bond motifs is 1. The summed E-state index contributed by atoms with van der Waals surface area (Å²) in [6.45, 7) is 6.29. The van der Waals surface area contributed by atoms with Crippen LogP contribution in [0, 0.1) is 13.8 Å². The highest BCUT2D eigenvalue weighted by Crippen LogP contribution is 2.32. The molecule has 2 atom stereocenters. The Hall–Kier alpha value is -1.58. The maximum absolute atomic E-state index is 10.6. The van der Waals surface area contributed by atoms with Crippen LogP contribution in [0.2, 0.25) is 0 Å². The number of hydrogen-bond acceptors (Lipinski definition) is 3. The van der Waals surface area contributed by atoms with Crippen LogP contribution < -0.4 is 5.32 Å². The number of rotatable bonds is 4. The Labute approximate surface area is 126 Å². The van der Waals surface area contributed by atoms with Gasteiger partial charge in [-0.2, -0.15) is 0 Å². The zero-order chi connectivity index (χ0) is 15.0. The highest BCUT2D eigenvalue weighted by molar-refractivity contribution is 5.37. The molecule has 0 fully saturated rings. The molecule has 2 aromatic rings. The molecular weight excluding hydrogens is 262 g/mol. The average Bonchev–Trinajstić information content (AvgIpc) is 3.03. The standard InChI is InChI=1S/C18H23NO2/c1-12-4-6-14-7-8-16(15(14)10-12)19-11-18(3,20)17-9-5-13(2)21-17/h4-6,9-10,16,19-20H,7-8,11H2,1-3H3. The van der Waals surface area contributed by atoms with Crippen LogP contribution in [0.1, 0.15) is 47.6 Å². The molecule has 3 heteroatoms. The van der Waals surface area contributed by atoms with Crippen molar-refractivity contribution in [3.63, 3.8) is 0 Å². The first-order valence-electron chi connectivity index (χ1n) is 7.58. The lowest BCUT2D eigenvalue weighted by Gasteiger charge is -2.24. The van der Waals surface area contributed by atoms with Gasteiger partial charge in [0.1, 0.15) is 17.1 Å². The van der Waals surface area contributed by atoms with Crippen molar-refractivity contribution in [1.82, 2.24) is 5.32 Å². The molecular formula is C18H23NO2. The van der Waals surface area contributed by atoms with Crippen LogP contribution >= 0.6 is 0 Å². The van der Waals surface area contributed by atoms with Gasteiger partial charge in [0.2, 0.25) is 0 Å². The minimum Gasteiger partial charge on any atom is -0.463 e. The molecule has 0 radical (unpaired) electrons. The van der Waals surface area contributed by atoms with Gasteiger partial charge in [-0.05, 0) is 56.9 Å². The van der Waals surface area contributed by atoms with E-state index >= 15 is 0 Å². The average molecular weight is 285 g/mol. The highest BCUT2D eigenvalue weighted by Gasteiger charge is 2.29. The number of furan rings is 1. The Morgan fingerprint density at radius 3 is 2.81 bits per heavy atom. The van der Waals surface area contributed by atoms with Crippen molar-refractivity contribution in [3.05, 3.63) is 58.5 Å². The number of hydrogen-bond donors (Lipinski definition) is 2. The van der Waals surface area contributed by atoms with Crippen LogP contribution in [-0.4, -0.2) is 11.7 Å². The van der Waals surface area contributed by atoms with Gasteiger partial charge in [-0.25, -0.2) is 0 Å². The molecule has 3 rings (SSSR count). The quantitative estimate of drug-likeness (QED) is 0.905. The maximum Gasteiger partial charge on any atom is 0.136 e. The second-order valence-electron chi connectivity index (χ2n) is 6.36. The molecule has 1 aliphatic carbocycles. The Morgan fingerprint density at radius 2 is 2.10 bits per heavy atom. The van der Waals surface area contributed by atoms with Crippen molar-refractivity contribution in [2.75, 3.05) is 6.54 Å². The molecule has 1 aromatic heterocycles. The lowest BCUT2D eigenvalue weighted by atomic mass is 10.0. The van der Waals surface area contributed by atoms with Crippen LogP contribution in [0.4, 0.5) is 0 Å². The van der Waals surface area contributed by atoms with Gasteiger partial charge in [0, 0.05) is 12.6 Å². The minimum absolute atomic E-state index is 0.322. The summed E-state index contributed by atoms with van der Waals surface area (Å²) in [5.74, 6) is 1.45. The molecule has 0 amide bonds. The predicted molar refractivity (Wildman–Crippen MR) is 83.3 cm³/mol. The topological polar surface area (TPSA) is 45.4 Å². The van der Waals surface area contributed by atoms with Gasteiger partial charge in [-0.15, -0.1) is 0 Å². The van der Waals surface area contributed by atoms with Crippen molar-refractivity contribution in [3.8, 4) is 0 Å². The summed E-state index contributed by atoms with van der Waals surface area (Å²) < 4.78 is 5.56. The second-order valence-corrected chi connectivity index (χ2v) is 6.36. The zero-order valence-corrected chi connectivity index (χ0v) is 12.9. The van der Waals surface area contributed by atoms with E-state index in [1.54, 1.807) is 6.92 Å². The molecule has 0 aliphatic heterocycles. The lowest BCUT2D eigenvalue weighted by molar-refractivity contribution is 0.0308. The van der Waals surface area contributed by atoms with Crippen molar-refractivity contribution in [1.29, 1.82) is 0 Å². The number of aliphatic hydroxyl groups is 1. The van der Waals surface area contributed by atoms with Crippen molar-refractivity contribution in [2.24, 2.45) is 0 Å². The first kappa shape index (κ1) is 14.4. The summed E-state index contributed by atoms with van der Waals surface area (Å²) in [7, 11) is 0. The molecule has 1 aromatic carbocycles. The van der Waals surface area contributed by atoms with E-state index in [1.165, 1.54) is 16.7 Å². The highest BCUT2D eigenvalue weighted by atomic mass is 16.4. The molecule has 0 bridgehead atoms. The molecule has 0 spiro atoms. The van der Waals surface area contributed by atoms with E-state index < -0.39 is 5.60 Å². The largest absolute Gasteiger partial charge is 0.463 e. The summed E-state index contributed by atoms with van der Waals surface area (Å²) in [4.78, 5) is 0. The molecule has 21 heavy (non-hydrogen) atoms. The Bertz CT molecular complexity index is 642. The lowest BCUT2D eigenvalue weighted by Crippen LogP contribution is -2.36. The van der Waals surface area contributed by atoms with Crippen LogP contribution in [0.5, 0.6) is 0 Å². The fraction of sp³-hybridized carbons (Fsp3) is 0.444. The fourth-order valence-electron chi connectivity index (χ4n) is 3.07. The Kier molecular flexibility index (Phi) is 3.64. The van der Waals surface area contributed by atoms with E-state index in [4.69, 9.17) is 4.42 Å².